The van der Waals surface area contributed by atoms with E-state index in [-0.39, 0.29) is 10.6 Å². The van der Waals surface area contributed by atoms with E-state index in [1.54, 1.807) is 52.9 Å². The molecular formula is C19H23N3O5S. The molecule has 9 heteroatoms. The number of rotatable bonds is 5. The van der Waals surface area contributed by atoms with Gasteiger partial charge in [-0.1, -0.05) is 12.1 Å². The van der Waals surface area contributed by atoms with E-state index in [9.17, 15) is 19.7 Å². The molecule has 0 atom stereocenters. The van der Waals surface area contributed by atoms with Crippen LogP contribution in [0.25, 0.3) is 0 Å². The Balaban J connectivity index is 2.06. The quantitative estimate of drug-likeness (QED) is 0.579. The maximum Gasteiger partial charge on any atom is 0.410 e. The standard InChI is InChI=1S/C19H23N3O5S/c1-12-15(22(25)26)10-16(28-12)17(23)20-14-8-6-7-13(9-14)11-21(5)18(24)27-19(2,3)4/h6-10H,11H2,1-5H3,(H,20,23). The van der Waals surface area contributed by atoms with Crippen molar-refractivity contribution in [3.63, 3.8) is 0 Å². The molecular weight excluding hydrogens is 382 g/mol. The van der Waals surface area contributed by atoms with Gasteiger partial charge in [0.05, 0.1) is 14.7 Å². The molecule has 2 aromatic rings. The third kappa shape index (κ3) is 5.78. The Morgan fingerprint density at radius 3 is 2.54 bits per heavy atom. The molecule has 0 aliphatic carbocycles. The van der Waals surface area contributed by atoms with Crippen molar-refractivity contribution in [1.29, 1.82) is 0 Å². The minimum Gasteiger partial charge on any atom is -0.444 e. The molecule has 1 heterocycles. The molecule has 0 fully saturated rings. The Kier molecular flexibility index (Phi) is 6.40. The van der Waals surface area contributed by atoms with Crippen molar-refractivity contribution in [2.75, 3.05) is 12.4 Å². The molecule has 1 aromatic carbocycles. The minimum absolute atomic E-state index is 0.0668. The SMILES string of the molecule is Cc1sc(C(=O)Nc2cccc(CN(C)C(=O)OC(C)(C)C)c2)cc1[N+](=O)[O-]. The van der Waals surface area contributed by atoms with Gasteiger partial charge in [-0.25, -0.2) is 4.79 Å². The number of aryl methyl sites for hydroxylation is 1. The summed E-state index contributed by atoms with van der Waals surface area (Å²) in [6.45, 7) is 7.30. The van der Waals surface area contributed by atoms with Crippen LogP contribution >= 0.6 is 11.3 Å². The second-order valence-corrected chi connectivity index (χ2v) is 8.56. The molecule has 0 saturated heterocycles. The highest BCUT2D eigenvalue weighted by atomic mass is 32.1. The van der Waals surface area contributed by atoms with E-state index in [4.69, 9.17) is 4.74 Å². The van der Waals surface area contributed by atoms with Crippen molar-refractivity contribution in [3.8, 4) is 0 Å². The van der Waals surface area contributed by atoms with Crippen LogP contribution in [0.2, 0.25) is 0 Å². The van der Waals surface area contributed by atoms with Gasteiger partial charge in [0, 0.05) is 25.3 Å². The first-order valence-electron chi connectivity index (χ1n) is 8.55. The molecule has 1 aromatic heterocycles. The van der Waals surface area contributed by atoms with Crippen molar-refractivity contribution in [3.05, 3.63) is 55.8 Å². The fraction of sp³-hybridized carbons (Fsp3) is 0.368. The smallest absolute Gasteiger partial charge is 0.410 e. The van der Waals surface area contributed by atoms with Gasteiger partial charge < -0.3 is 15.0 Å². The molecule has 2 rings (SSSR count). The van der Waals surface area contributed by atoms with Crippen LogP contribution in [0.5, 0.6) is 0 Å². The molecule has 8 nitrogen and oxygen atoms in total. The van der Waals surface area contributed by atoms with Crippen LogP contribution < -0.4 is 5.32 Å². The molecule has 2 amide bonds. The Morgan fingerprint density at radius 1 is 1.29 bits per heavy atom. The molecule has 1 N–H and O–H groups in total. The molecule has 28 heavy (non-hydrogen) atoms. The minimum atomic E-state index is -0.581. The van der Waals surface area contributed by atoms with Gasteiger partial charge in [-0.05, 0) is 45.4 Å². The number of hydrogen-bond donors (Lipinski definition) is 1. The van der Waals surface area contributed by atoms with Crippen LogP contribution in [0.15, 0.2) is 30.3 Å². The van der Waals surface area contributed by atoms with Gasteiger partial charge in [0.25, 0.3) is 11.6 Å². The normalized spacial score (nSPS) is 11.0. The van der Waals surface area contributed by atoms with E-state index in [1.807, 2.05) is 6.07 Å². The largest absolute Gasteiger partial charge is 0.444 e. The third-order valence-electron chi connectivity index (χ3n) is 3.62. The van der Waals surface area contributed by atoms with Crippen molar-refractivity contribution < 1.29 is 19.2 Å². The lowest BCUT2D eigenvalue weighted by atomic mass is 10.2. The summed E-state index contributed by atoms with van der Waals surface area (Å²) in [5, 5.41) is 13.7. The van der Waals surface area contributed by atoms with E-state index in [0.29, 0.717) is 17.1 Å². The maximum absolute atomic E-state index is 12.4. The molecule has 0 radical (unpaired) electrons. The number of carbonyl (C=O) groups is 2. The van der Waals surface area contributed by atoms with Gasteiger partial charge in [-0.2, -0.15) is 0 Å². The number of ether oxygens (including phenoxy) is 1. The van der Waals surface area contributed by atoms with Crippen LogP contribution in [0, 0.1) is 17.0 Å². The first kappa shape index (κ1) is 21.4. The summed E-state index contributed by atoms with van der Waals surface area (Å²) in [6, 6.07) is 8.32. The van der Waals surface area contributed by atoms with Crippen LogP contribution in [-0.2, 0) is 11.3 Å². The molecule has 0 spiro atoms. The summed E-state index contributed by atoms with van der Waals surface area (Å²) in [6.07, 6.45) is -0.441. The van der Waals surface area contributed by atoms with Gasteiger partial charge >= 0.3 is 6.09 Å². The number of nitrogens with one attached hydrogen (secondary N) is 1. The zero-order chi connectivity index (χ0) is 21.1. The molecule has 0 saturated carbocycles. The van der Waals surface area contributed by atoms with E-state index in [0.717, 1.165) is 16.9 Å². The van der Waals surface area contributed by atoms with Crippen molar-refractivity contribution >= 4 is 34.7 Å². The Bertz CT molecular complexity index is 901. The van der Waals surface area contributed by atoms with Crippen LogP contribution in [0.1, 0.15) is 40.9 Å². The highest BCUT2D eigenvalue weighted by Crippen LogP contribution is 2.28. The lowest BCUT2D eigenvalue weighted by molar-refractivity contribution is -0.385. The van der Waals surface area contributed by atoms with E-state index < -0.39 is 22.5 Å². The Labute approximate surface area is 167 Å². The number of benzene rings is 1. The average molecular weight is 405 g/mol. The monoisotopic (exact) mass is 405 g/mol. The fourth-order valence-electron chi connectivity index (χ4n) is 2.38. The summed E-state index contributed by atoms with van der Waals surface area (Å²) in [4.78, 5) is 37.1. The van der Waals surface area contributed by atoms with Crippen molar-refractivity contribution in [2.45, 2.75) is 39.8 Å². The van der Waals surface area contributed by atoms with Crippen LogP contribution in [0.3, 0.4) is 0 Å². The lowest BCUT2D eigenvalue weighted by Gasteiger charge is -2.24. The summed E-state index contributed by atoms with van der Waals surface area (Å²) >= 11 is 1.07. The number of carbonyl (C=O) groups excluding carboxylic acids is 2. The summed E-state index contributed by atoms with van der Waals surface area (Å²) in [7, 11) is 1.63. The number of amides is 2. The van der Waals surface area contributed by atoms with Gasteiger partial charge in [-0.3, -0.25) is 14.9 Å². The first-order valence-corrected chi connectivity index (χ1v) is 9.37. The van der Waals surface area contributed by atoms with Gasteiger partial charge in [0.1, 0.15) is 5.60 Å². The lowest BCUT2D eigenvalue weighted by Crippen LogP contribution is -2.33. The highest BCUT2D eigenvalue weighted by molar-refractivity contribution is 7.14. The molecule has 0 aliphatic heterocycles. The van der Waals surface area contributed by atoms with Gasteiger partial charge in [-0.15, -0.1) is 11.3 Å². The van der Waals surface area contributed by atoms with Crippen LogP contribution in [-0.4, -0.2) is 34.5 Å². The van der Waals surface area contributed by atoms with Crippen LogP contribution in [0.4, 0.5) is 16.2 Å². The van der Waals surface area contributed by atoms with Crippen molar-refractivity contribution in [1.82, 2.24) is 4.90 Å². The number of nitrogens with zero attached hydrogens (tertiary/aromatic N) is 2. The van der Waals surface area contributed by atoms with Crippen molar-refractivity contribution in [2.24, 2.45) is 0 Å². The Hall–Kier alpha value is -2.94. The molecule has 0 unspecified atom stereocenters. The van der Waals surface area contributed by atoms with Gasteiger partial charge in [0.2, 0.25) is 0 Å². The summed E-state index contributed by atoms with van der Waals surface area (Å²) in [5.41, 5.74) is 0.694. The zero-order valence-corrected chi connectivity index (χ0v) is 17.3. The summed E-state index contributed by atoms with van der Waals surface area (Å²) in [5.74, 6) is -0.418. The number of hydrogen-bond acceptors (Lipinski definition) is 6. The summed E-state index contributed by atoms with van der Waals surface area (Å²) < 4.78 is 5.32. The maximum atomic E-state index is 12.4. The topological polar surface area (TPSA) is 102 Å². The van der Waals surface area contributed by atoms with E-state index in [1.165, 1.54) is 11.0 Å². The van der Waals surface area contributed by atoms with Gasteiger partial charge in [0.15, 0.2) is 0 Å². The highest BCUT2D eigenvalue weighted by Gasteiger charge is 2.21. The molecule has 150 valence electrons. The third-order valence-corrected chi connectivity index (χ3v) is 4.66. The molecule has 0 aliphatic rings. The van der Waals surface area contributed by atoms with E-state index >= 15 is 0 Å². The predicted octanol–water partition coefficient (Wildman–Crippen LogP) is 4.58. The number of anilines is 1. The average Bonchev–Trinajstić information content (AvgIpc) is 2.96. The zero-order valence-electron chi connectivity index (χ0n) is 16.4. The second kappa shape index (κ2) is 8.39. The number of nitro groups is 1. The second-order valence-electron chi connectivity index (χ2n) is 7.30. The van der Waals surface area contributed by atoms with E-state index in [2.05, 4.69) is 5.32 Å². The molecule has 0 bridgehead atoms. The number of thiophene rings is 1. The predicted molar refractivity (Wildman–Crippen MR) is 108 cm³/mol. The fourth-order valence-corrected chi connectivity index (χ4v) is 3.27. The Morgan fingerprint density at radius 2 is 1.96 bits per heavy atom. The first-order chi connectivity index (χ1) is 13.0.